The lowest BCUT2D eigenvalue weighted by Gasteiger charge is -2.17. The van der Waals surface area contributed by atoms with Crippen LogP contribution >= 0.6 is 0 Å². The maximum atomic E-state index is 4.36. The molecule has 1 aromatic rings. The first-order valence-corrected chi connectivity index (χ1v) is 5.64. The van der Waals surface area contributed by atoms with Crippen LogP contribution in [0.15, 0.2) is 12.4 Å². The fourth-order valence-corrected chi connectivity index (χ4v) is 1.81. The zero-order chi connectivity index (χ0) is 9.97. The van der Waals surface area contributed by atoms with E-state index >= 15 is 0 Å². The van der Waals surface area contributed by atoms with Crippen LogP contribution in [0.2, 0.25) is 0 Å². The molecule has 0 spiro atoms. The van der Waals surface area contributed by atoms with Crippen molar-refractivity contribution in [3.63, 3.8) is 0 Å². The Labute approximate surface area is 85.5 Å². The Kier molecular flexibility index (Phi) is 2.75. The Morgan fingerprint density at radius 2 is 2.21 bits per heavy atom. The minimum absolute atomic E-state index is 0.596. The fraction of sp³-hybridized carbons (Fsp3) is 0.727. The predicted molar refractivity (Wildman–Crippen MR) is 58.5 cm³/mol. The second-order valence-electron chi connectivity index (χ2n) is 4.05. The molecule has 3 heteroatoms. The summed E-state index contributed by atoms with van der Waals surface area (Å²) in [7, 11) is 0. The maximum Gasteiger partial charge on any atom is 0.203 e. The Bertz CT molecular complexity index is 284. The average molecular weight is 193 g/mol. The molecule has 0 saturated heterocycles. The number of imidazole rings is 1. The Balaban J connectivity index is 2.10. The van der Waals surface area contributed by atoms with Crippen LogP contribution in [-0.4, -0.2) is 15.6 Å². The van der Waals surface area contributed by atoms with Crippen LogP contribution in [0.1, 0.15) is 45.6 Å². The molecule has 0 amide bonds. The monoisotopic (exact) mass is 193 g/mol. The van der Waals surface area contributed by atoms with Gasteiger partial charge in [0.1, 0.15) is 0 Å². The molecule has 1 saturated carbocycles. The van der Waals surface area contributed by atoms with Gasteiger partial charge in [0.05, 0.1) is 0 Å². The molecular formula is C11H19N3. The van der Waals surface area contributed by atoms with Crippen molar-refractivity contribution >= 4 is 5.95 Å². The van der Waals surface area contributed by atoms with Crippen molar-refractivity contribution in [2.45, 2.75) is 51.6 Å². The predicted octanol–water partition coefficient (Wildman–Crippen LogP) is 2.82. The summed E-state index contributed by atoms with van der Waals surface area (Å²) in [5.41, 5.74) is 0. The van der Waals surface area contributed by atoms with E-state index in [9.17, 15) is 0 Å². The first kappa shape index (κ1) is 9.56. The average Bonchev–Trinajstić information content (AvgIpc) is 2.89. The first-order valence-electron chi connectivity index (χ1n) is 5.64. The fourth-order valence-electron chi connectivity index (χ4n) is 1.81. The lowest BCUT2D eigenvalue weighted by atomic mass is 10.2. The third kappa shape index (κ3) is 1.91. The van der Waals surface area contributed by atoms with Crippen molar-refractivity contribution in [2.75, 3.05) is 5.32 Å². The van der Waals surface area contributed by atoms with Crippen molar-refractivity contribution in [1.82, 2.24) is 9.55 Å². The van der Waals surface area contributed by atoms with Gasteiger partial charge in [-0.15, -0.1) is 0 Å². The molecular weight excluding hydrogens is 174 g/mol. The second kappa shape index (κ2) is 4.03. The van der Waals surface area contributed by atoms with Crippen LogP contribution < -0.4 is 5.32 Å². The summed E-state index contributed by atoms with van der Waals surface area (Å²) in [6.45, 7) is 4.46. The van der Waals surface area contributed by atoms with Crippen molar-refractivity contribution < 1.29 is 0 Å². The van der Waals surface area contributed by atoms with E-state index in [0.717, 1.165) is 5.95 Å². The molecule has 1 N–H and O–H groups in total. The third-order valence-electron chi connectivity index (χ3n) is 2.92. The van der Waals surface area contributed by atoms with Crippen molar-refractivity contribution in [2.24, 2.45) is 0 Å². The topological polar surface area (TPSA) is 29.9 Å². The van der Waals surface area contributed by atoms with E-state index in [1.807, 2.05) is 6.20 Å². The van der Waals surface area contributed by atoms with E-state index in [-0.39, 0.29) is 0 Å². The molecule has 0 aromatic carbocycles. The van der Waals surface area contributed by atoms with Crippen LogP contribution in [-0.2, 0) is 0 Å². The van der Waals surface area contributed by atoms with Gasteiger partial charge in [0.2, 0.25) is 5.95 Å². The second-order valence-corrected chi connectivity index (χ2v) is 4.05. The van der Waals surface area contributed by atoms with Gasteiger partial charge in [-0.1, -0.05) is 13.8 Å². The van der Waals surface area contributed by atoms with Gasteiger partial charge in [0, 0.05) is 24.5 Å². The van der Waals surface area contributed by atoms with E-state index in [0.29, 0.717) is 12.1 Å². The molecule has 2 rings (SSSR count). The molecule has 78 valence electrons. The van der Waals surface area contributed by atoms with Gasteiger partial charge in [0.15, 0.2) is 0 Å². The molecule has 0 atom stereocenters. The van der Waals surface area contributed by atoms with Gasteiger partial charge in [-0.25, -0.2) is 4.98 Å². The molecule has 1 aromatic heterocycles. The summed E-state index contributed by atoms with van der Waals surface area (Å²) >= 11 is 0. The number of aromatic nitrogens is 2. The van der Waals surface area contributed by atoms with Crippen LogP contribution in [0.25, 0.3) is 0 Å². The Morgan fingerprint density at radius 3 is 2.79 bits per heavy atom. The highest BCUT2D eigenvalue weighted by Crippen LogP contribution is 2.26. The Morgan fingerprint density at radius 1 is 1.50 bits per heavy atom. The zero-order valence-corrected chi connectivity index (χ0v) is 9.03. The van der Waals surface area contributed by atoms with Gasteiger partial charge in [-0.05, 0) is 25.7 Å². The zero-order valence-electron chi connectivity index (χ0n) is 9.03. The number of anilines is 1. The van der Waals surface area contributed by atoms with Crippen LogP contribution in [0.4, 0.5) is 5.95 Å². The van der Waals surface area contributed by atoms with Crippen molar-refractivity contribution in [3.05, 3.63) is 12.4 Å². The number of nitrogens with one attached hydrogen (secondary N) is 1. The highest BCUT2D eigenvalue weighted by atomic mass is 15.2. The normalized spacial score (nSPS) is 16.2. The molecule has 0 bridgehead atoms. The minimum Gasteiger partial charge on any atom is -0.353 e. The van der Waals surface area contributed by atoms with E-state index in [2.05, 4.69) is 34.9 Å². The highest BCUT2D eigenvalue weighted by Gasteiger charge is 2.23. The standard InChI is InChI=1S/C11H19N3/c1-3-10(4-2)14-8-7-12-11(14)13-9-5-6-9/h7-10H,3-6H2,1-2H3,(H,12,13). The summed E-state index contributed by atoms with van der Waals surface area (Å²) < 4.78 is 2.28. The largest absolute Gasteiger partial charge is 0.353 e. The van der Waals surface area contributed by atoms with E-state index < -0.39 is 0 Å². The molecule has 0 radical (unpaired) electrons. The molecule has 14 heavy (non-hydrogen) atoms. The molecule has 1 heterocycles. The molecule has 1 fully saturated rings. The lowest BCUT2D eigenvalue weighted by molar-refractivity contribution is 0.475. The van der Waals surface area contributed by atoms with Crippen LogP contribution in [0.3, 0.4) is 0 Å². The quantitative estimate of drug-likeness (QED) is 0.779. The van der Waals surface area contributed by atoms with Crippen LogP contribution in [0, 0.1) is 0 Å². The minimum atomic E-state index is 0.596. The number of hydrogen-bond acceptors (Lipinski definition) is 2. The third-order valence-corrected chi connectivity index (χ3v) is 2.92. The molecule has 1 aliphatic rings. The summed E-state index contributed by atoms with van der Waals surface area (Å²) in [5.74, 6) is 1.06. The summed E-state index contributed by atoms with van der Waals surface area (Å²) in [6, 6.07) is 1.28. The van der Waals surface area contributed by atoms with E-state index in [1.54, 1.807) is 0 Å². The smallest absolute Gasteiger partial charge is 0.203 e. The SMILES string of the molecule is CCC(CC)n1ccnc1NC1CC1. The van der Waals surface area contributed by atoms with Gasteiger partial charge in [0.25, 0.3) is 0 Å². The number of nitrogens with zero attached hydrogens (tertiary/aromatic N) is 2. The molecule has 3 nitrogen and oxygen atoms in total. The van der Waals surface area contributed by atoms with Crippen LogP contribution in [0.5, 0.6) is 0 Å². The van der Waals surface area contributed by atoms with Gasteiger partial charge < -0.3 is 9.88 Å². The van der Waals surface area contributed by atoms with Gasteiger partial charge >= 0.3 is 0 Å². The summed E-state index contributed by atoms with van der Waals surface area (Å²) in [6.07, 6.45) is 8.93. The number of hydrogen-bond donors (Lipinski definition) is 1. The van der Waals surface area contributed by atoms with Gasteiger partial charge in [-0.2, -0.15) is 0 Å². The van der Waals surface area contributed by atoms with Gasteiger partial charge in [-0.3, -0.25) is 0 Å². The molecule has 1 aliphatic carbocycles. The molecule has 0 aliphatic heterocycles. The van der Waals surface area contributed by atoms with E-state index in [4.69, 9.17) is 0 Å². The number of rotatable bonds is 5. The van der Waals surface area contributed by atoms with Crippen molar-refractivity contribution in [3.8, 4) is 0 Å². The van der Waals surface area contributed by atoms with Crippen molar-refractivity contribution in [1.29, 1.82) is 0 Å². The highest BCUT2D eigenvalue weighted by molar-refractivity contribution is 5.30. The summed E-state index contributed by atoms with van der Waals surface area (Å²) in [4.78, 5) is 4.36. The first-order chi connectivity index (χ1) is 6.85. The Hall–Kier alpha value is -0.990. The van der Waals surface area contributed by atoms with E-state index in [1.165, 1.54) is 25.7 Å². The lowest BCUT2D eigenvalue weighted by Crippen LogP contribution is -2.13. The maximum absolute atomic E-state index is 4.36. The summed E-state index contributed by atoms with van der Waals surface area (Å²) in [5, 5.41) is 3.47. The molecule has 0 unspecified atom stereocenters.